The van der Waals surface area contributed by atoms with E-state index in [1.807, 2.05) is 0 Å². The largest absolute Gasteiger partial charge is 0.475 e. The van der Waals surface area contributed by atoms with Crippen LogP contribution in [0, 0.1) is 5.92 Å². The Balaban J connectivity index is 1.88. The summed E-state index contributed by atoms with van der Waals surface area (Å²) in [5, 5.41) is 0. The number of ketones is 1. The van der Waals surface area contributed by atoms with Crippen LogP contribution in [0.15, 0.2) is 12.3 Å². The van der Waals surface area contributed by atoms with Gasteiger partial charge in [0.15, 0.2) is 17.8 Å². The van der Waals surface area contributed by atoms with Gasteiger partial charge in [-0.1, -0.05) is 25.8 Å². The molecule has 2 fully saturated rings. The molecule has 134 valence electrons. The topological polar surface area (TPSA) is 88.1 Å². The highest BCUT2D eigenvalue weighted by atomic mass is 16.7. The first kappa shape index (κ1) is 18.4. The molecule has 7 heteroatoms. The highest BCUT2D eigenvalue weighted by molar-refractivity contribution is 5.92. The quantitative estimate of drug-likeness (QED) is 0.303. The highest BCUT2D eigenvalue weighted by Gasteiger charge is 2.45. The minimum Gasteiger partial charge on any atom is -0.475 e. The third-order valence-corrected chi connectivity index (χ3v) is 4.19. The lowest BCUT2D eigenvalue weighted by molar-refractivity contribution is -0.194. The monoisotopic (exact) mass is 340 g/mol. The second-order valence-corrected chi connectivity index (χ2v) is 6.15. The molecule has 1 saturated carbocycles. The molecule has 0 aromatic carbocycles. The van der Waals surface area contributed by atoms with E-state index in [0.29, 0.717) is 0 Å². The molecule has 1 heterocycles. The van der Waals surface area contributed by atoms with Gasteiger partial charge in [0.05, 0.1) is 6.10 Å². The van der Waals surface area contributed by atoms with Gasteiger partial charge in [0, 0.05) is 6.92 Å². The Morgan fingerprint density at radius 2 is 1.92 bits per heavy atom. The van der Waals surface area contributed by atoms with Crippen LogP contribution in [-0.4, -0.2) is 42.8 Å². The molecule has 0 amide bonds. The van der Waals surface area contributed by atoms with E-state index in [4.69, 9.17) is 18.9 Å². The molecule has 0 radical (unpaired) electrons. The molecule has 0 N–H and O–H groups in total. The lowest BCUT2D eigenvalue weighted by atomic mass is 9.98. The fourth-order valence-electron chi connectivity index (χ4n) is 2.81. The van der Waals surface area contributed by atoms with Crippen LogP contribution in [0.5, 0.6) is 0 Å². The van der Waals surface area contributed by atoms with Gasteiger partial charge in [-0.3, -0.25) is 9.59 Å². The van der Waals surface area contributed by atoms with Crippen molar-refractivity contribution in [1.82, 2.24) is 0 Å². The molecule has 2 rings (SSSR count). The summed E-state index contributed by atoms with van der Waals surface area (Å²) in [5.74, 6) is -2.91. The second-order valence-electron chi connectivity index (χ2n) is 6.15. The average molecular weight is 340 g/mol. The summed E-state index contributed by atoms with van der Waals surface area (Å²) in [6.07, 6.45) is 3.50. The number of carbonyl (C=O) groups excluding carboxylic acids is 3. The van der Waals surface area contributed by atoms with Crippen molar-refractivity contribution in [2.45, 2.75) is 64.4 Å². The Morgan fingerprint density at radius 1 is 1.25 bits per heavy atom. The number of rotatable bonds is 7. The molecule has 1 saturated heterocycles. The third-order valence-electron chi connectivity index (χ3n) is 4.19. The zero-order valence-corrected chi connectivity index (χ0v) is 14.1. The van der Waals surface area contributed by atoms with Gasteiger partial charge < -0.3 is 18.9 Å². The number of hydrogen-bond donors (Lipinski definition) is 0. The maximum absolute atomic E-state index is 12.3. The van der Waals surface area contributed by atoms with Crippen molar-refractivity contribution in [2.24, 2.45) is 5.92 Å². The minimum atomic E-state index is -1.21. The Labute approximate surface area is 141 Å². The van der Waals surface area contributed by atoms with Crippen molar-refractivity contribution in [1.29, 1.82) is 0 Å². The van der Waals surface area contributed by atoms with Gasteiger partial charge in [0.2, 0.25) is 6.10 Å². The van der Waals surface area contributed by atoms with E-state index in [9.17, 15) is 14.4 Å². The van der Waals surface area contributed by atoms with Gasteiger partial charge in [-0.15, -0.1) is 0 Å². The van der Waals surface area contributed by atoms with E-state index in [-0.39, 0.29) is 18.5 Å². The van der Waals surface area contributed by atoms with Gasteiger partial charge in [-0.25, -0.2) is 4.79 Å². The average Bonchev–Trinajstić information content (AvgIpc) is 2.89. The van der Waals surface area contributed by atoms with Crippen molar-refractivity contribution in [3.63, 3.8) is 0 Å². The maximum Gasteiger partial charge on any atom is 0.348 e. The van der Waals surface area contributed by atoms with Crippen molar-refractivity contribution >= 4 is 17.7 Å². The number of Topliss-reactive ketones (excluding diaryl/α,β-unsaturated/α-hetero) is 1. The van der Waals surface area contributed by atoms with Crippen LogP contribution >= 0.6 is 0 Å². The van der Waals surface area contributed by atoms with Crippen LogP contribution in [0.2, 0.25) is 0 Å². The Hall–Kier alpha value is -1.89. The standard InChI is InChI=1S/C17H24O7/c1-10(18)11(2)22-15-14(9-21-17(15)20)16(19)24-12(3)23-13-7-5-4-6-8-13/h12-15H,2,4-9H2,1,3H3. The van der Waals surface area contributed by atoms with Gasteiger partial charge in [0.25, 0.3) is 0 Å². The van der Waals surface area contributed by atoms with Crippen molar-refractivity contribution in [2.75, 3.05) is 6.61 Å². The van der Waals surface area contributed by atoms with Gasteiger partial charge in [-0.2, -0.15) is 0 Å². The van der Waals surface area contributed by atoms with E-state index in [2.05, 4.69) is 6.58 Å². The number of carbonyl (C=O) groups is 3. The number of cyclic esters (lactones) is 1. The highest BCUT2D eigenvalue weighted by Crippen LogP contribution is 2.25. The lowest BCUT2D eigenvalue weighted by Gasteiger charge is -2.26. The summed E-state index contributed by atoms with van der Waals surface area (Å²) >= 11 is 0. The van der Waals surface area contributed by atoms with Gasteiger partial charge in [-0.05, 0) is 19.8 Å². The Bertz CT molecular complexity index is 507. The van der Waals surface area contributed by atoms with Crippen LogP contribution < -0.4 is 0 Å². The first-order valence-corrected chi connectivity index (χ1v) is 8.27. The normalized spacial score (nSPS) is 25.7. The molecular weight excluding hydrogens is 316 g/mol. The molecule has 3 atom stereocenters. The molecule has 7 nitrogen and oxygen atoms in total. The molecule has 24 heavy (non-hydrogen) atoms. The molecular formula is C17H24O7. The van der Waals surface area contributed by atoms with Crippen molar-refractivity contribution in [3.05, 3.63) is 12.3 Å². The molecule has 1 aliphatic heterocycles. The van der Waals surface area contributed by atoms with E-state index in [1.54, 1.807) is 6.92 Å². The lowest BCUT2D eigenvalue weighted by Crippen LogP contribution is -2.36. The Kier molecular flexibility index (Phi) is 6.36. The van der Waals surface area contributed by atoms with E-state index < -0.39 is 36.0 Å². The van der Waals surface area contributed by atoms with Crippen LogP contribution in [0.3, 0.4) is 0 Å². The molecule has 3 unspecified atom stereocenters. The summed E-state index contributed by atoms with van der Waals surface area (Å²) in [6, 6.07) is 0. The van der Waals surface area contributed by atoms with Crippen LogP contribution in [0.25, 0.3) is 0 Å². The first-order valence-electron chi connectivity index (χ1n) is 8.27. The van der Waals surface area contributed by atoms with E-state index in [1.165, 1.54) is 13.3 Å². The maximum atomic E-state index is 12.3. The summed E-state index contributed by atoms with van der Waals surface area (Å²) in [4.78, 5) is 35.2. The van der Waals surface area contributed by atoms with Crippen LogP contribution in [0.4, 0.5) is 0 Å². The number of esters is 2. The summed E-state index contributed by atoms with van der Waals surface area (Å²) in [7, 11) is 0. The van der Waals surface area contributed by atoms with E-state index in [0.717, 1.165) is 25.7 Å². The molecule has 0 aromatic heterocycles. The van der Waals surface area contributed by atoms with E-state index >= 15 is 0 Å². The molecule has 0 bridgehead atoms. The number of allylic oxidation sites excluding steroid dienone is 1. The summed E-state index contributed by atoms with van der Waals surface area (Å²) in [5.41, 5.74) is 0. The smallest absolute Gasteiger partial charge is 0.348 e. The predicted molar refractivity (Wildman–Crippen MR) is 82.7 cm³/mol. The molecule has 1 aliphatic carbocycles. The zero-order valence-electron chi connectivity index (χ0n) is 14.1. The second kappa shape index (κ2) is 8.28. The Morgan fingerprint density at radius 3 is 2.54 bits per heavy atom. The van der Waals surface area contributed by atoms with Crippen LogP contribution in [0.1, 0.15) is 46.0 Å². The number of hydrogen-bond acceptors (Lipinski definition) is 7. The van der Waals surface area contributed by atoms with Crippen molar-refractivity contribution < 1.29 is 33.3 Å². The van der Waals surface area contributed by atoms with Crippen molar-refractivity contribution in [3.8, 4) is 0 Å². The summed E-state index contributed by atoms with van der Waals surface area (Å²) in [6.45, 7) is 6.19. The molecule has 0 aromatic rings. The molecule has 0 spiro atoms. The zero-order chi connectivity index (χ0) is 17.7. The predicted octanol–water partition coefficient (Wildman–Crippen LogP) is 1.89. The van der Waals surface area contributed by atoms with Gasteiger partial charge in [0.1, 0.15) is 12.5 Å². The van der Waals surface area contributed by atoms with Crippen LogP contribution in [-0.2, 0) is 33.3 Å². The fourth-order valence-corrected chi connectivity index (χ4v) is 2.81. The third kappa shape index (κ3) is 4.80. The van der Waals surface area contributed by atoms with Gasteiger partial charge >= 0.3 is 11.9 Å². The minimum absolute atomic E-state index is 0.0903. The summed E-state index contributed by atoms with van der Waals surface area (Å²) < 4.78 is 21.0. The fraction of sp³-hybridized carbons (Fsp3) is 0.706. The number of ether oxygens (including phenoxy) is 4. The first-order chi connectivity index (χ1) is 11.4. The molecule has 2 aliphatic rings. The SMILES string of the molecule is C=C(OC1C(=O)OCC1C(=O)OC(C)OC1CCCCC1)C(C)=O.